The molecule has 39 heavy (non-hydrogen) atoms. The van der Waals surface area contributed by atoms with E-state index in [1.165, 1.54) is 10.1 Å². The van der Waals surface area contributed by atoms with E-state index < -0.39 is 11.2 Å². The molecule has 1 unspecified atom stereocenters. The Labute approximate surface area is 226 Å². The third-order valence-corrected chi connectivity index (χ3v) is 6.63. The molecule has 4 aromatic rings. The van der Waals surface area contributed by atoms with Crippen LogP contribution >= 0.6 is 0 Å². The van der Waals surface area contributed by atoms with Gasteiger partial charge in [0.2, 0.25) is 11.8 Å². The van der Waals surface area contributed by atoms with Crippen LogP contribution in [0.25, 0.3) is 10.9 Å². The number of nitrogens with zero attached hydrogens (tertiary/aromatic N) is 2. The summed E-state index contributed by atoms with van der Waals surface area (Å²) in [7, 11) is 0. The van der Waals surface area contributed by atoms with E-state index in [9.17, 15) is 19.2 Å². The van der Waals surface area contributed by atoms with Crippen LogP contribution in [-0.2, 0) is 35.6 Å². The van der Waals surface area contributed by atoms with Crippen molar-refractivity contribution in [2.24, 2.45) is 0 Å². The van der Waals surface area contributed by atoms with E-state index in [-0.39, 0.29) is 37.4 Å². The number of carbonyl (C=O) groups is 2. The van der Waals surface area contributed by atoms with Gasteiger partial charge in [0, 0.05) is 19.0 Å². The van der Waals surface area contributed by atoms with Crippen LogP contribution in [-0.4, -0.2) is 27.0 Å². The maximum Gasteiger partial charge on any atom is 0.331 e. The minimum absolute atomic E-state index is 0.0792. The smallest absolute Gasteiger partial charge is 0.331 e. The second-order valence-electron chi connectivity index (χ2n) is 9.65. The Hall–Kier alpha value is -4.40. The zero-order chi connectivity index (χ0) is 27.6. The number of carbonyl (C=O) groups excluding carboxylic acids is 2. The van der Waals surface area contributed by atoms with Crippen LogP contribution in [0.1, 0.15) is 43.9 Å². The lowest BCUT2D eigenvalue weighted by Gasteiger charge is -2.17. The number of fused-ring (bicyclic) bond motifs is 1. The van der Waals surface area contributed by atoms with Gasteiger partial charge in [-0.3, -0.25) is 23.5 Å². The minimum atomic E-state index is -0.534. The first kappa shape index (κ1) is 27.6. The van der Waals surface area contributed by atoms with E-state index >= 15 is 0 Å². The fourth-order valence-corrected chi connectivity index (χ4v) is 4.53. The van der Waals surface area contributed by atoms with Gasteiger partial charge in [-0.05, 0) is 62.4 Å². The molecule has 0 fully saturated rings. The van der Waals surface area contributed by atoms with Gasteiger partial charge >= 0.3 is 5.69 Å². The lowest BCUT2D eigenvalue weighted by atomic mass is 10.1. The largest absolute Gasteiger partial charge is 0.467 e. The molecule has 204 valence electrons. The molecule has 4 rings (SSSR count). The summed E-state index contributed by atoms with van der Waals surface area (Å²) in [6.07, 6.45) is 4.37. The Morgan fingerprint density at radius 1 is 0.897 bits per heavy atom. The quantitative estimate of drug-likeness (QED) is 0.257. The Morgan fingerprint density at radius 2 is 1.67 bits per heavy atom. The van der Waals surface area contributed by atoms with Crippen molar-refractivity contribution in [1.29, 1.82) is 0 Å². The van der Waals surface area contributed by atoms with Crippen molar-refractivity contribution in [3.05, 3.63) is 105 Å². The zero-order valence-corrected chi connectivity index (χ0v) is 22.1. The molecule has 1 atom stereocenters. The van der Waals surface area contributed by atoms with Gasteiger partial charge in [-0.2, -0.15) is 0 Å². The fourth-order valence-electron chi connectivity index (χ4n) is 4.53. The van der Waals surface area contributed by atoms with E-state index in [1.807, 2.05) is 25.1 Å². The van der Waals surface area contributed by atoms with E-state index in [2.05, 4.69) is 22.8 Å². The molecular formula is C30H34N4O5. The Morgan fingerprint density at radius 3 is 2.44 bits per heavy atom. The number of hydrogen-bond acceptors (Lipinski definition) is 5. The summed E-state index contributed by atoms with van der Waals surface area (Å²) < 4.78 is 7.72. The molecule has 0 saturated heterocycles. The Bertz CT molecular complexity index is 1510. The summed E-state index contributed by atoms with van der Waals surface area (Å²) in [5, 5.41) is 6.13. The van der Waals surface area contributed by atoms with Crippen LogP contribution in [0, 0.1) is 0 Å². The van der Waals surface area contributed by atoms with Crippen molar-refractivity contribution in [2.45, 2.75) is 64.7 Å². The van der Waals surface area contributed by atoms with Gasteiger partial charge in [0.05, 0.1) is 23.7 Å². The summed E-state index contributed by atoms with van der Waals surface area (Å²) in [6, 6.07) is 20.3. The summed E-state index contributed by atoms with van der Waals surface area (Å²) in [4.78, 5) is 51.5. The third kappa shape index (κ3) is 7.56. The predicted molar refractivity (Wildman–Crippen MR) is 149 cm³/mol. The molecule has 2 aromatic carbocycles. The van der Waals surface area contributed by atoms with E-state index in [0.717, 1.165) is 17.4 Å². The molecule has 0 spiro atoms. The first-order valence-corrected chi connectivity index (χ1v) is 13.3. The highest BCUT2D eigenvalue weighted by Gasteiger charge is 2.16. The molecule has 0 aliphatic carbocycles. The van der Waals surface area contributed by atoms with Gasteiger partial charge in [0.25, 0.3) is 5.56 Å². The highest BCUT2D eigenvalue weighted by Crippen LogP contribution is 2.09. The van der Waals surface area contributed by atoms with Crippen molar-refractivity contribution < 1.29 is 14.0 Å². The Balaban J connectivity index is 1.38. The molecule has 0 aliphatic rings. The topological polar surface area (TPSA) is 115 Å². The maximum absolute atomic E-state index is 13.4. The number of hydrogen-bond donors (Lipinski definition) is 2. The summed E-state index contributed by atoms with van der Waals surface area (Å²) >= 11 is 0. The van der Waals surface area contributed by atoms with Gasteiger partial charge in [-0.15, -0.1) is 0 Å². The van der Waals surface area contributed by atoms with Crippen LogP contribution < -0.4 is 21.9 Å². The predicted octanol–water partition coefficient (Wildman–Crippen LogP) is 3.38. The number of furan rings is 1. The molecule has 0 radical (unpaired) electrons. The van der Waals surface area contributed by atoms with Gasteiger partial charge in [0.1, 0.15) is 12.3 Å². The minimum Gasteiger partial charge on any atom is -0.467 e. The van der Waals surface area contributed by atoms with Gasteiger partial charge in [0.15, 0.2) is 0 Å². The molecule has 2 amide bonds. The second-order valence-corrected chi connectivity index (χ2v) is 9.65. The number of rotatable bonds is 13. The molecule has 0 aliphatic heterocycles. The van der Waals surface area contributed by atoms with E-state index in [1.54, 1.807) is 42.7 Å². The average molecular weight is 531 g/mol. The zero-order valence-electron chi connectivity index (χ0n) is 22.1. The standard InChI is InChI=1S/C30H34N4O5/c1-22(16-17-23-10-3-2-4-11-23)32-28(36)21-34-26-14-6-5-13-25(26)29(37)33(30(34)38)18-8-7-15-27(35)31-20-24-12-9-19-39-24/h2-6,9-14,19,22H,7-8,15-18,20-21H2,1H3,(H,31,35)(H,32,36). The normalized spacial score (nSPS) is 11.8. The average Bonchev–Trinajstić information content (AvgIpc) is 3.47. The van der Waals surface area contributed by atoms with Crippen molar-refractivity contribution in [3.63, 3.8) is 0 Å². The van der Waals surface area contributed by atoms with Crippen molar-refractivity contribution in [3.8, 4) is 0 Å². The molecule has 9 heteroatoms. The van der Waals surface area contributed by atoms with Crippen LogP contribution in [0.15, 0.2) is 87.0 Å². The maximum atomic E-state index is 13.4. The number of nitrogens with one attached hydrogen (secondary N) is 2. The van der Waals surface area contributed by atoms with Crippen LogP contribution in [0.2, 0.25) is 0 Å². The lowest BCUT2D eigenvalue weighted by molar-refractivity contribution is -0.122. The number of benzene rings is 2. The van der Waals surface area contributed by atoms with E-state index in [4.69, 9.17) is 4.42 Å². The third-order valence-electron chi connectivity index (χ3n) is 6.63. The van der Waals surface area contributed by atoms with Gasteiger partial charge in [-0.1, -0.05) is 42.5 Å². The number of para-hydroxylation sites is 1. The van der Waals surface area contributed by atoms with Crippen molar-refractivity contribution in [1.82, 2.24) is 19.8 Å². The first-order chi connectivity index (χ1) is 18.9. The van der Waals surface area contributed by atoms with Gasteiger partial charge < -0.3 is 15.1 Å². The summed E-state index contributed by atoms with van der Waals surface area (Å²) in [6.45, 7) is 2.22. The second kappa shape index (κ2) is 13.4. The molecule has 0 bridgehead atoms. The molecule has 2 heterocycles. The first-order valence-electron chi connectivity index (χ1n) is 13.3. The molecular weight excluding hydrogens is 496 g/mol. The molecule has 0 saturated carbocycles. The highest BCUT2D eigenvalue weighted by molar-refractivity contribution is 5.81. The van der Waals surface area contributed by atoms with Crippen LogP contribution in [0.4, 0.5) is 0 Å². The van der Waals surface area contributed by atoms with Crippen molar-refractivity contribution in [2.75, 3.05) is 0 Å². The number of aromatic nitrogens is 2. The van der Waals surface area contributed by atoms with Gasteiger partial charge in [-0.25, -0.2) is 4.79 Å². The number of unbranched alkanes of at least 4 members (excludes halogenated alkanes) is 1. The number of amides is 2. The summed E-state index contributed by atoms with van der Waals surface area (Å²) in [5.74, 6) is 0.246. The van der Waals surface area contributed by atoms with Crippen LogP contribution in [0.5, 0.6) is 0 Å². The molecule has 9 nitrogen and oxygen atoms in total. The van der Waals surface area contributed by atoms with Crippen molar-refractivity contribution >= 4 is 22.7 Å². The van der Waals surface area contributed by atoms with E-state index in [0.29, 0.717) is 36.0 Å². The SMILES string of the molecule is CC(CCc1ccccc1)NC(=O)Cn1c(=O)n(CCCCC(=O)NCc2ccco2)c(=O)c2ccccc21. The molecule has 2 N–H and O–H groups in total. The number of aryl methyl sites for hydroxylation is 1. The fraction of sp³-hybridized carbons (Fsp3) is 0.333. The lowest BCUT2D eigenvalue weighted by Crippen LogP contribution is -2.44. The molecule has 2 aromatic heterocycles. The summed E-state index contributed by atoms with van der Waals surface area (Å²) in [5.41, 5.74) is 0.690. The van der Waals surface area contributed by atoms with Crippen LogP contribution in [0.3, 0.4) is 0 Å². The highest BCUT2D eigenvalue weighted by atomic mass is 16.3. The monoisotopic (exact) mass is 530 g/mol. The Kier molecular flexibility index (Phi) is 9.50.